The van der Waals surface area contributed by atoms with Gasteiger partial charge in [-0.05, 0) is 27.1 Å². The fourth-order valence-electron chi connectivity index (χ4n) is 1.95. The molecule has 19 heavy (non-hydrogen) atoms. The van der Waals surface area contributed by atoms with Gasteiger partial charge in [0.1, 0.15) is 0 Å². The lowest BCUT2D eigenvalue weighted by Gasteiger charge is -2.03. The molecule has 0 aliphatic carbocycles. The Balaban J connectivity index is 1.98. The second kappa shape index (κ2) is 5.15. The zero-order valence-corrected chi connectivity index (χ0v) is 12.4. The highest BCUT2D eigenvalue weighted by Gasteiger charge is 2.09. The highest BCUT2D eigenvalue weighted by Crippen LogP contribution is 2.34. The van der Waals surface area contributed by atoms with Crippen LogP contribution in [0.1, 0.15) is 0 Å². The number of thiazole rings is 1. The first-order valence-electron chi connectivity index (χ1n) is 5.82. The summed E-state index contributed by atoms with van der Waals surface area (Å²) in [4.78, 5) is 4.33. The van der Waals surface area contributed by atoms with E-state index in [1.165, 1.54) is 22.5 Å². The SMILES string of the molecule is Nc1nc(-c2ccc(-c3ccccc3)cc2)c(Br)s1. The van der Waals surface area contributed by atoms with Crippen LogP contribution in [0.4, 0.5) is 5.13 Å². The van der Waals surface area contributed by atoms with Gasteiger partial charge >= 0.3 is 0 Å². The van der Waals surface area contributed by atoms with E-state index in [4.69, 9.17) is 5.73 Å². The first kappa shape index (κ1) is 12.4. The van der Waals surface area contributed by atoms with Crippen LogP contribution in [0.15, 0.2) is 58.4 Å². The van der Waals surface area contributed by atoms with Gasteiger partial charge in [-0.25, -0.2) is 4.98 Å². The van der Waals surface area contributed by atoms with Gasteiger partial charge in [0.2, 0.25) is 0 Å². The summed E-state index contributed by atoms with van der Waals surface area (Å²) < 4.78 is 0.970. The molecule has 0 spiro atoms. The first-order chi connectivity index (χ1) is 9.24. The van der Waals surface area contributed by atoms with E-state index in [2.05, 4.69) is 57.3 Å². The fourth-order valence-corrected chi connectivity index (χ4v) is 3.34. The van der Waals surface area contributed by atoms with Crippen LogP contribution in [0, 0.1) is 0 Å². The third-order valence-corrected chi connectivity index (χ3v) is 4.40. The van der Waals surface area contributed by atoms with Gasteiger partial charge in [0, 0.05) is 5.56 Å². The summed E-state index contributed by atoms with van der Waals surface area (Å²) in [7, 11) is 0. The molecule has 3 aromatic rings. The van der Waals surface area contributed by atoms with E-state index in [0.717, 1.165) is 15.0 Å². The van der Waals surface area contributed by atoms with Crippen LogP contribution in [-0.2, 0) is 0 Å². The number of anilines is 1. The van der Waals surface area contributed by atoms with Crippen molar-refractivity contribution in [2.45, 2.75) is 0 Å². The van der Waals surface area contributed by atoms with E-state index in [9.17, 15) is 0 Å². The average Bonchev–Trinajstić information content (AvgIpc) is 2.79. The first-order valence-corrected chi connectivity index (χ1v) is 7.42. The van der Waals surface area contributed by atoms with Crippen LogP contribution in [-0.4, -0.2) is 4.98 Å². The number of hydrogen-bond donors (Lipinski definition) is 1. The fraction of sp³-hybridized carbons (Fsp3) is 0. The lowest BCUT2D eigenvalue weighted by atomic mass is 10.0. The zero-order valence-electron chi connectivity index (χ0n) is 10.0. The molecule has 0 aliphatic rings. The summed E-state index contributed by atoms with van der Waals surface area (Å²) in [6.07, 6.45) is 0. The van der Waals surface area contributed by atoms with Gasteiger partial charge in [0.25, 0.3) is 0 Å². The molecule has 2 nitrogen and oxygen atoms in total. The van der Waals surface area contributed by atoms with E-state index >= 15 is 0 Å². The van der Waals surface area contributed by atoms with E-state index in [1.54, 1.807) is 0 Å². The van der Waals surface area contributed by atoms with Crippen LogP contribution in [0.5, 0.6) is 0 Å². The Kier molecular flexibility index (Phi) is 3.36. The lowest BCUT2D eigenvalue weighted by molar-refractivity contribution is 1.40. The van der Waals surface area contributed by atoms with Crippen molar-refractivity contribution in [2.75, 3.05) is 5.73 Å². The predicted molar refractivity (Wildman–Crippen MR) is 85.1 cm³/mol. The van der Waals surface area contributed by atoms with Crippen molar-refractivity contribution in [1.82, 2.24) is 4.98 Å². The monoisotopic (exact) mass is 330 g/mol. The smallest absolute Gasteiger partial charge is 0.181 e. The molecule has 0 amide bonds. The highest BCUT2D eigenvalue weighted by atomic mass is 79.9. The van der Waals surface area contributed by atoms with Gasteiger partial charge in [-0.3, -0.25) is 0 Å². The number of nitrogen functional groups attached to an aromatic ring is 1. The molecule has 0 fully saturated rings. The maximum Gasteiger partial charge on any atom is 0.181 e. The summed E-state index contributed by atoms with van der Waals surface area (Å²) in [5.74, 6) is 0. The summed E-state index contributed by atoms with van der Waals surface area (Å²) in [6, 6.07) is 18.7. The van der Waals surface area contributed by atoms with Crippen molar-refractivity contribution in [1.29, 1.82) is 0 Å². The highest BCUT2D eigenvalue weighted by molar-refractivity contribution is 9.11. The molecule has 3 rings (SSSR count). The normalized spacial score (nSPS) is 10.6. The molecule has 0 unspecified atom stereocenters. The van der Waals surface area contributed by atoms with Gasteiger partial charge in [-0.15, -0.1) is 0 Å². The van der Waals surface area contributed by atoms with E-state index in [1.807, 2.05) is 18.2 Å². The van der Waals surface area contributed by atoms with Crippen LogP contribution in [0.25, 0.3) is 22.4 Å². The minimum atomic E-state index is 0.578. The topological polar surface area (TPSA) is 38.9 Å². The van der Waals surface area contributed by atoms with Crippen molar-refractivity contribution in [3.8, 4) is 22.4 Å². The molecule has 0 radical (unpaired) electrons. The summed E-state index contributed by atoms with van der Waals surface area (Å²) >= 11 is 4.94. The van der Waals surface area contributed by atoms with Crippen molar-refractivity contribution in [3.63, 3.8) is 0 Å². The van der Waals surface area contributed by atoms with Gasteiger partial charge in [0.15, 0.2) is 5.13 Å². The quantitative estimate of drug-likeness (QED) is 0.731. The van der Waals surface area contributed by atoms with Crippen molar-refractivity contribution in [2.24, 2.45) is 0 Å². The standard InChI is InChI=1S/C15H11BrN2S/c16-14-13(18-15(17)19-14)12-8-6-11(7-9-12)10-4-2-1-3-5-10/h1-9H,(H2,17,18). The second-order valence-electron chi connectivity index (χ2n) is 4.12. The molecule has 1 heterocycles. The molecule has 4 heteroatoms. The average molecular weight is 331 g/mol. The third-order valence-electron chi connectivity index (χ3n) is 2.87. The molecule has 0 bridgehead atoms. The van der Waals surface area contributed by atoms with Crippen molar-refractivity contribution < 1.29 is 0 Å². The largest absolute Gasteiger partial charge is 0.375 e. The zero-order chi connectivity index (χ0) is 13.2. The van der Waals surface area contributed by atoms with Gasteiger partial charge in [-0.2, -0.15) is 0 Å². The van der Waals surface area contributed by atoms with Crippen LogP contribution in [0.3, 0.4) is 0 Å². The Bertz CT molecular complexity index is 690. The maximum absolute atomic E-state index is 5.72. The second-order valence-corrected chi connectivity index (χ2v) is 6.47. The van der Waals surface area contributed by atoms with Crippen LogP contribution in [0.2, 0.25) is 0 Å². The number of benzene rings is 2. The molecule has 0 aliphatic heterocycles. The Hall–Kier alpha value is -1.65. The summed E-state index contributed by atoms with van der Waals surface area (Å²) in [5.41, 5.74) is 10.1. The Morgan fingerprint density at radius 2 is 1.42 bits per heavy atom. The Labute approximate surface area is 124 Å². The molecule has 2 N–H and O–H groups in total. The maximum atomic E-state index is 5.72. The number of nitrogens with two attached hydrogens (primary N) is 1. The van der Waals surface area contributed by atoms with Crippen LogP contribution < -0.4 is 5.73 Å². The molecular weight excluding hydrogens is 320 g/mol. The Morgan fingerprint density at radius 3 is 2.00 bits per heavy atom. The van der Waals surface area contributed by atoms with Gasteiger partial charge in [-0.1, -0.05) is 65.9 Å². The number of hydrogen-bond acceptors (Lipinski definition) is 3. The minimum absolute atomic E-state index is 0.578. The Morgan fingerprint density at radius 1 is 0.842 bits per heavy atom. The molecule has 0 atom stereocenters. The van der Waals surface area contributed by atoms with Crippen LogP contribution >= 0.6 is 27.3 Å². The minimum Gasteiger partial charge on any atom is -0.375 e. The number of rotatable bonds is 2. The molecule has 94 valence electrons. The number of nitrogens with zero attached hydrogens (tertiary/aromatic N) is 1. The molecule has 0 saturated heterocycles. The predicted octanol–water partition coefficient (Wildman–Crippen LogP) is 4.82. The van der Waals surface area contributed by atoms with Crippen molar-refractivity contribution in [3.05, 3.63) is 58.4 Å². The third kappa shape index (κ3) is 2.55. The summed E-state index contributed by atoms with van der Waals surface area (Å²) in [6.45, 7) is 0. The van der Waals surface area contributed by atoms with Crippen molar-refractivity contribution >= 4 is 32.4 Å². The van der Waals surface area contributed by atoms with E-state index in [-0.39, 0.29) is 0 Å². The van der Waals surface area contributed by atoms with Gasteiger partial charge in [0.05, 0.1) is 9.48 Å². The molecule has 0 saturated carbocycles. The van der Waals surface area contributed by atoms with Gasteiger partial charge < -0.3 is 5.73 Å². The van der Waals surface area contributed by atoms with E-state index in [0.29, 0.717) is 5.13 Å². The van der Waals surface area contributed by atoms with E-state index < -0.39 is 0 Å². The summed E-state index contributed by atoms with van der Waals surface area (Å²) in [5, 5.41) is 0.578. The lowest BCUT2D eigenvalue weighted by Crippen LogP contribution is -1.84. The molecule has 1 aromatic heterocycles. The molecular formula is C15H11BrN2S. The number of aromatic nitrogens is 1. The number of halogens is 1. The molecule has 2 aromatic carbocycles.